The van der Waals surface area contributed by atoms with Crippen molar-refractivity contribution in [3.8, 4) is 0 Å². The Labute approximate surface area is 152 Å². The van der Waals surface area contributed by atoms with Gasteiger partial charge in [0.15, 0.2) is 0 Å². The van der Waals surface area contributed by atoms with Crippen molar-refractivity contribution in [2.24, 2.45) is 0 Å². The Kier molecular flexibility index (Phi) is 5.63. The molecule has 0 spiro atoms. The fourth-order valence-corrected chi connectivity index (χ4v) is 3.84. The Morgan fingerprint density at radius 1 is 1.54 bits per heavy atom. The van der Waals surface area contributed by atoms with E-state index in [1.165, 1.54) is 23.5 Å². The summed E-state index contributed by atoms with van der Waals surface area (Å²) in [5.74, 6) is -0.856. The van der Waals surface area contributed by atoms with Gasteiger partial charge in [0, 0.05) is 28.7 Å². The molecule has 1 fully saturated rings. The quantitative estimate of drug-likeness (QED) is 0.739. The molecule has 7 heteroatoms. The van der Waals surface area contributed by atoms with Crippen LogP contribution in [0.3, 0.4) is 0 Å². The van der Waals surface area contributed by atoms with Crippen molar-refractivity contribution < 1.29 is 13.9 Å². The van der Waals surface area contributed by atoms with E-state index in [-0.39, 0.29) is 17.6 Å². The molecule has 2 heterocycles. The SMILES string of the molecule is Cc1csc(CN(C[C@@H]2CCCO2)C(=O)c2ccc(Br)cc2F)n1. The number of thiazole rings is 1. The molecule has 1 aromatic carbocycles. The number of ether oxygens (including phenoxy) is 1. The molecule has 24 heavy (non-hydrogen) atoms. The van der Waals surface area contributed by atoms with Crippen LogP contribution in [0.4, 0.5) is 4.39 Å². The largest absolute Gasteiger partial charge is 0.376 e. The van der Waals surface area contributed by atoms with Crippen LogP contribution < -0.4 is 0 Å². The monoisotopic (exact) mass is 412 g/mol. The van der Waals surface area contributed by atoms with Crippen molar-refractivity contribution in [1.82, 2.24) is 9.88 Å². The van der Waals surface area contributed by atoms with Gasteiger partial charge in [-0.3, -0.25) is 4.79 Å². The lowest BCUT2D eigenvalue weighted by atomic mass is 10.1. The average molecular weight is 413 g/mol. The van der Waals surface area contributed by atoms with E-state index < -0.39 is 5.82 Å². The molecule has 128 valence electrons. The van der Waals surface area contributed by atoms with E-state index in [9.17, 15) is 9.18 Å². The average Bonchev–Trinajstić information content (AvgIpc) is 3.18. The Hall–Kier alpha value is -1.31. The van der Waals surface area contributed by atoms with Gasteiger partial charge in [-0.15, -0.1) is 11.3 Å². The molecule has 0 aliphatic carbocycles. The number of aromatic nitrogens is 1. The van der Waals surface area contributed by atoms with Crippen molar-refractivity contribution in [2.45, 2.75) is 32.4 Å². The van der Waals surface area contributed by atoms with Crippen molar-refractivity contribution in [3.05, 3.63) is 50.1 Å². The number of hydrogen-bond acceptors (Lipinski definition) is 4. The number of halogens is 2. The van der Waals surface area contributed by atoms with Crippen molar-refractivity contribution >= 4 is 33.2 Å². The van der Waals surface area contributed by atoms with E-state index in [1.54, 1.807) is 11.0 Å². The van der Waals surface area contributed by atoms with Crippen LogP contribution in [-0.2, 0) is 11.3 Å². The van der Waals surface area contributed by atoms with Gasteiger partial charge in [-0.1, -0.05) is 15.9 Å². The van der Waals surface area contributed by atoms with Crippen molar-refractivity contribution in [3.63, 3.8) is 0 Å². The van der Waals surface area contributed by atoms with Crippen molar-refractivity contribution in [1.29, 1.82) is 0 Å². The minimum Gasteiger partial charge on any atom is -0.376 e. The number of carbonyl (C=O) groups excluding carboxylic acids is 1. The minimum atomic E-state index is -0.526. The summed E-state index contributed by atoms with van der Waals surface area (Å²) in [7, 11) is 0. The summed E-state index contributed by atoms with van der Waals surface area (Å²) in [6.45, 7) is 3.45. The van der Waals surface area contributed by atoms with Crippen LogP contribution >= 0.6 is 27.3 Å². The lowest BCUT2D eigenvalue weighted by Crippen LogP contribution is -2.37. The Morgan fingerprint density at radius 3 is 3.00 bits per heavy atom. The molecule has 3 rings (SSSR count). The van der Waals surface area contributed by atoms with Crippen LogP contribution in [-0.4, -0.2) is 35.0 Å². The number of rotatable bonds is 5. The zero-order valence-corrected chi connectivity index (χ0v) is 15.7. The van der Waals surface area contributed by atoms with Crippen molar-refractivity contribution in [2.75, 3.05) is 13.2 Å². The molecule has 1 amide bonds. The summed E-state index contributed by atoms with van der Waals surface area (Å²) in [6.07, 6.45) is 1.92. The number of amides is 1. The van der Waals surface area contributed by atoms with Crippen LogP contribution in [0.25, 0.3) is 0 Å². The molecule has 2 aromatic rings. The first-order chi connectivity index (χ1) is 11.5. The Morgan fingerprint density at radius 2 is 2.38 bits per heavy atom. The highest BCUT2D eigenvalue weighted by Gasteiger charge is 2.26. The molecule has 1 aliphatic heterocycles. The lowest BCUT2D eigenvalue weighted by molar-refractivity contribution is 0.0503. The molecule has 0 saturated carbocycles. The van der Waals surface area contributed by atoms with Gasteiger partial charge in [0.25, 0.3) is 5.91 Å². The first-order valence-electron chi connectivity index (χ1n) is 7.80. The second-order valence-electron chi connectivity index (χ2n) is 5.83. The third-order valence-electron chi connectivity index (χ3n) is 3.89. The maximum atomic E-state index is 14.2. The first kappa shape index (κ1) is 17.5. The fraction of sp³-hybridized carbons (Fsp3) is 0.412. The molecule has 1 aromatic heterocycles. The molecular weight excluding hydrogens is 395 g/mol. The van der Waals surface area contributed by atoms with Gasteiger partial charge in [0.05, 0.1) is 18.2 Å². The molecule has 0 bridgehead atoms. The van der Waals surface area contributed by atoms with Gasteiger partial charge >= 0.3 is 0 Å². The summed E-state index contributed by atoms with van der Waals surface area (Å²) in [5.41, 5.74) is 0.999. The standard InChI is InChI=1S/C17H18BrFN2O2S/c1-11-10-24-16(20-11)9-21(8-13-3-2-6-23-13)17(22)14-5-4-12(18)7-15(14)19/h4-5,7,10,13H,2-3,6,8-9H2,1H3/t13-/m0/s1. The molecule has 0 radical (unpaired) electrons. The zero-order chi connectivity index (χ0) is 17.1. The first-order valence-corrected chi connectivity index (χ1v) is 9.47. The van der Waals surface area contributed by atoms with E-state index in [0.29, 0.717) is 17.6 Å². The van der Waals surface area contributed by atoms with E-state index in [1.807, 2.05) is 12.3 Å². The smallest absolute Gasteiger partial charge is 0.257 e. The van der Waals surface area contributed by atoms with E-state index in [2.05, 4.69) is 20.9 Å². The maximum absolute atomic E-state index is 14.2. The van der Waals surface area contributed by atoms with Crippen LogP contribution in [0, 0.1) is 12.7 Å². The Balaban J connectivity index is 1.82. The lowest BCUT2D eigenvalue weighted by Gasteiger charge is -2.25. The topological polar surface area (TPSA) is 42.4 Å². The van der Waals surface area contributed by atoms with E-state index in [0.717, 1.165) is 30.2 Å². The Bertz CT molecular complexity index is 731. The summed E-state index contributed by atoms with van der Waals surface area (Å²) in [4.78, 5) is 18.9. The molecule has 1 atom stereocenters. The van der Waals surface area contributed by atoms with Gasteiger partial charge in [-0.05, 0) is 38.0 Å². The fourth-order valence-electron chi connectivity index (χ4n) is 2.73. The van der Waals surface area contributed by atoms with Crippen LogP contribution in [0.2, 0.25) is 0 Å². The second kappa shape index (κ2) is 7.72. The molecule has 1 saturated heterocycles. The van der Waals surface area contributed by atoms with Crippen LogP contribution in [0.15, 0.2) is 28.1 Å². The normalized spacial score (nSPS) is 17.2. The predicted octanol–water partition coefficient (Wildman–Crippen LogP) is 4.17. The molecule has 4 nitrogen and oxygen atoms in total. The molecular formula is C17H18BrFN2O2S. The highest BCUT2D eigenvalue weighted by Crippen LogP contribution is 2.21. The molecule has 0 unspecified atom stereocenters. The number of nitrogens with zero attached hydrogens (tertiary/aromatic N) is 2. The number of carbonyl (C=O) groups is 1. The number of hydrogen-bond donors (Lipinski definition) is 0. The highest BCUT2D eigenvalue weighted by atomic mass is 79.9. The van der Waals surface area contributed by atoms with Gasteiger partial charge in [-0.2, -0.15) is 0 Å². The zero-order valence-electron chi connectivity index (χ0n) is 13.3. The second-order valence-corrected chi connectivity index (χ2v) is 7.69. The van der Waals surface area contributed by atoms with Crippen LogP contribution in [0.1, 0.15) is 33.9 Å². The van der Waals surface area contributed by atoms with Gasteiger partial charge in [0.1, 0.15) is 10.8 Å². The third-order valence-corrected chi connectivity index (χ3v) is 5.33. The summed E-state index contributed by atoms with van der Waals surface area (Å²) >= 11 is 4.72. The maximum Gasteiger partial charge on any atom is 0.257 e. The van der Waals surface area contributed by atoms with Gasteiger partial charge < -0.3 is 9.64 Å². The van der Waals surface area contributed by atoms with Gasteiger partial charge in [-0.25, -0.2) is 9.37 Å². The van der Waals surface area contributed by atoms with E-state index >= 15 is 0 Å². The van der Waals surface area contributed by atoms with Gasteiger partial charge in [0.2, 0.25) is 0 Å². The summed E-state index contributed by atoms with van der Waals surface area (Å²) < 4.78 is 20.5. The summed E-state index contributed by atoms with van der Waals surface area (Å²) in [5, 5.41) is 2.79. The minimum absolute atomic E-state index is 0.00789. The predicted molar refractivity (Wildman–Crippen MR) is 94.7 cm³/mol. The third kappa shape index (κ3) is 4.20. The summed E-state index contributed by atoms with van der Waals surface area (Å²) in [6, 6.07) is 4.50. The molecule has 1 aliphatic rings. The number of benzene rings is 1. The molecule has 0 N–H and O–H groups in total. The highest BCUT2D eigenvalue weighted by molar-refractivity contribution is 9.10. The van der Waals surface area contributed by atoms with Crippen LogP contribution in [0.5, 0.6) is 0 Å². The number of aryl methyl sites for hydroxylation is 1. The van der Waals surface area contributed by atoms with E-state index in [4.69, 9.17) is 4.74 Å².